The first kappa shape index (κ1) is 22.8. The SMILES string of the molecule is BC(B)(B)c1nccc2c1C(F)(F)CC[C@@]21CN2C=C(C(F)(F)F)C=C(OC(F)F)C2=N1. The van der Waals surface area contributed by atoms with Crippen molar-refractivity contribution in [3.63, 3.8) is 0 Å². The van der Waals surface area contributed by atoms with Gasteiger partial charge in [0.05, 0.1) is 35.7 Å². The van der Waals surface area contributed by atoms with Crippen molar-refractivity contribution in [3.05, 3.63) is 52.7 Å². The van der Waals surface area contributed by atoms with Crippen molar-refractivity contribution in [2.75, 3.05) is 6.54 Å². The maximum atomic E-state index is 15.1. The molecule has 0 fully saturated rings. The molecule has 1 aliphatic carbocycles. The van der Waals surface area contributed by atoms with E-state index in [1.54, 1.807) is 23.5 Å². The summed E-state index contributed by atoms with van der Waals surface area (Å²) < 4.78 is 100. The highest BCUT2D eigenvalue weighted by Crippen LogP contribution is 2.53. The van der Waals surface area contributed by atoms with Gasteiger partial charge in [-0.25, -0.2) is 8.78 Å². The van der Waals surface area contributed by atoms with Crippen LogP contribution in [0.2, 0.25) is 0 Å². The fourth-order valence-corrected chi connectivity index (χ4v) is 4.40. The molecule has 1 aromatic rings. The number of hydrogen-bond acceptors (Lipinski definition) is 4. The van der Waals surface area contributed by atoms with Crippen LogP contribution in [0.3, 0.4) is 0 Å². The van der Waals surface area contributed by atoms with Gasteiger partial charge in [0.1, 0.15) is 5.54 Å². The fraction of sp³-hybridized carbons (Fsp3) is 0.444. The molecule has 0 aromatic carbocycles. The number of rotatable bonds is 3. The summed E-state index contributed by atoms with van der Waals surface area (Å²) in [5, 5.41) is -0.737. The van der Waals surface area contributed by atoms with Crippen LogP contribution in [-0.4, -0.2) is 58.6 Å². The Bertz CT molecular complexity index is 1050. The van der Waals surface area contributed by atoms with E-state index in [0.29, 0.717) is 6.08 Å². The maximum Gasteiger partial charge on any atom is 0.417 e. The highest BCUT2D eigenvalue weighted by molar-refractivity contribution is 6.58. The fourth-order valence-electron chi connectivity index (χ4n) is 4.40. The Hall–Kier alpha value is -2.40. The molecule has 3 aliphatic rings. The number of halogens is 7. The topological polar surface area (TPSA) is 37.7 Å². The zero-order chi connectivity index (χ0) is 23.7. The van der Waals surface area contributed by atoms with E-state index in [1.165, 1.54) is 12.3 Å². The Labute approximate surface area is 181 Å². The zero-order valence-corrected chi connectivity index (χ0v) is 17.4. The average molecular weight is 457 g/mol. The molecule has 2 aliphatic heterocycles. The van der Waals surface area contributed by atoms with Crippen LogP contribution in [-0.2, 0) is 21.3 Å². The van der Waals surface area contributed by atoms with E-state index < -0.39 is 47.1 Å². The summed E-state index contributed by atoms with van der Waals surface area (Å²) in [6.45, 7) is -3.60. The van der Waals surface area contributed by atoms with E-state index in [4.69, 9.17) is 0 Å². The van der Waals surface area contributed by atoms with E-state index in [2.05, 4.69) is 14.7 Å². The average Bonchev–Trinajstić information content (AvgIpc) is 3.03. The Kier molecular flexibility index (Phi) is 5.02. The summed E-state index contributed by atoms with van der Waals surface area (Å²) in [6, 6.07) is 1.38. The van der Waals surface area contributed by atoms with Gasteiger partial charge in [-0.3, -0.25) is 9.98 Å². The van der Waals surface area contributed by atoms with Crippen molar-refractivity contribution >= 4 is 29.4 Å². The molecule has 0 bridgehead atoms. The third-order valence-electron chi connectivity index (χ3n) is 5.75. The van der Waals surface area contributed by atoms with Gasteiger partial charge in [0.15, 0.2) is 11.6 Å². The van der Waals surface area contributed by atoms with Gasteiger partial charge < -0.3 is 9.64 Å². The van der Waals surface area contributed by atoms with Gasteiger partial charge in [0.2, 0.25) is 0 Å². The molecule has 0 amide bonds. The molecule has 0 saturated carbocycles. The summed E-state index contributed by atoms with van der Waals surface area (Å²) in [6.07, 6.45) is -3.06. The smallest absolute Gasteiger partial charge is 0.417 e. The van der Waals surface area contributed by atoms with Crippen molar-refractivity contribution in [3.8, 4) is 0 Å². The molecule has 1 aromatic heterocycles. The predicted octanol–water partition coefficient (Wildman–Crippen LogP) is 1.47. The Morgan fingerprint density at radius 1 is 1.12 bits per heavy atom. The molecule has 0 radical (unpaired) electrons. The second kappa shape index (κ2) is 7.05. The van der Waals surface area contributed by atoms with Gasteiger partial charge >= 0.3 is 12.8 Å². The highest BCUT2D eigenvalue weighted by atomic mass is 19.4. The van der Waals surface area contributed by atoms with Gasteiger partial charge in [-0.1, -0.05) is 5.11 Å². The summed E-state index contributed by atoms with van der Waals surface area (Å²) >= 11 is 0. The van der Waals surface area contributed by atoms with Crippen LogP contribution in [0.5, 0.6) is 0 Å². The van der Waals surface area contributed by atoms with E-state index in [0.717, 1.165) is 11.1 Å². The van der Waals surface area contributed by atoms with Crippen molar-refractivity contribution in [1.82, 2.24) is 9.88 Å². The lowest BCUT2D eigenvalue weighted by Crippen LogP contribution is -2.42. The van der Waals surface area contributed by atoms with Gasteiger partial charge in [0, 0.05) is 30.1 Å². The minimum absolute atomic E-state index is 0.133. The molecular formula is C18H17B3F7N3O. The monoisotopic (exact) mass is 457 g/mol. The zero-order valence-electron chi connectivity index (χ0n) is 17.4. The Morgan fingerprint density at radius 3 is 2.41 bits per heavy atom. The third-order valence-corrected chi connectivity index (χ3v) is 5.75. The van der Waals surface area contributed by atoms with E-state index in [-0.39, 0.29) is 35.6 Å². The van der Waals surface area contributed by atoms with Crippen molar-refractivity contribution < 1.29 is 35.5 Å². The van der Waals surface area contributed by atoms with Crippen LogP contribution >= 0.6 is 0 Å². The van der Waals surface area contributed by atoms with Crippen molar-refractivity contribution in [2.45, 2.75) is 42.2 Å². The number of alkyl halides is 7. The quantitative estimate of drug-likeness (QED) is 0.511. The van der Waals surface area contributed by atoms with Crippen LogP contribution < -0.4 is 0 Å². The lowest BCUT2D eigenvalue weighted by molar-refractivity contribution is -0.0981. The summed E-state index contributed by atoms with van der Waals surface area (Å²) in [7, 11) is 5.19. The van der Waals surface area contributed by atoms with Crippen LogP contribution in [0.4, 0.5) is 30.7 Å². The van der Waals surface area contributed by atoms with Gasteiger partial charge in [0.25, 0.3) is 5.92 Å². The molecule has 4 rings (SSSR count). The van der Waals surface area contributed by atoms with Crippen LogP contribution in [0.25, 0.3) is 0 Å². The minimum atomic E-state index is -4.82. The summed E-state index contributed by atoms with van der Waals surface area (Å²) in [5.74, 6) is -4.22. The van der Waals surface area contributed by atoms with E-state index >= 15 is 8.78 Å². The lowest BCUT2D eigenvalue weighted by atomic mass is 9.40. The molecular weight excluding hydrogens is 440 g/mol. The number of amidine groups is 1. The van der Waals surface area contributed by atoms with Crippen molar-refractivity contribution in [1.29, 1.82) is 0 Å². The Balaban J connectivity index is 1.89. The van der Waals surface area contributed by atoms with Gasteiger partial charge in [-0.2, -0.15) is 22.0 Å². The number of nitrogens with zero attached hydrogens (tertiary/aromatic N) is 3. The molecule has 0 N–H and O–H groups in total. The summed E-state index contributed by atoms with van der Waals surface area (Å²) in [5.41, 5.74) is -2.56. The van der Waals surface area contributed by atoms with Gasteiger partial charge in [-0.15, -0.1) is 0 Å². The second-order valence-corrected chi connectivity index (χ2v) is 9.10. The van der Waals surface area contributed by atoms with Gasteiger partial charge in [-0.05, 0) is 24.1 Å². The van der Waals surface area contributed by atoms with Crippen LogP contribution in [0, 0.1) is 0 Å². The Morgan fingerprint density at radius 2 is 1.81 bits per heavy atom. The molecule has 4 nitrogen and oxygen atoms in total. The number of hydrogen-bond donors (Lipinski definition) is 0. The number of allylic oxidation sites excluding steroid dienone is 2. The molecule has 14 heteroatoms. The number of ether oxygens (including phenoxy) is 1. The molecule has 1 atom stereocenters. The first-order valence-corrected chi connectivity index (χ1v) is 9.85. The first-order valence-electron chi connectivity index (χ1n) is 9.85. The molecule has 32 heavy (non-hydrogen) atoms. The predicted molar refractivity (Wildman–Crippen MR) is 110 cm³/mol. The normalized spacial score (nSPS) is 24.6. The molecule has 168 valence electrons. The standard InChI is InChI=1S/C18H17B3F7N3O/c19-17(20,21)12-11-9(1-4-29-12)15(2-3-16(11,24)25)7-31-6-8(18(26,27)28)5-10(13(31)30-15)32-14(22)23/h1,4-6,14H,2-3,7,19-21H2/t15-/m1/s1. The molecule has 0 saturated heterocycles. The minimum Gasteiger partial charge on any atom is -0.431 e. The van der Waals surface area contributed by atoms with E-state index in [1.807, 2.05) is 0 Å². The molecule has 0 unspecified atom stereocenters. The van der Waals surface area contributed by atoms with Crippen molar-refractivity contribution in [2.24, 2.45) is 4.99 Å². The maximum absolute atomic E-state index is 15.1. The van der Waals surface area contributed by atoms with E-state index in [9.17, 15) is 22.0 Å². The highest BCUT2D eigenvalue weighted by Gasteiger charge is 2.54. The largest absolute Gasteiger partial charge is 0.431 e. The number of fused-ring (bicyclic) bond motifs is 3. The van der Waals surface area contributed by atoms with Crippen LogP contribution in [0.15, 0.2) is 40.9 Å². The second-order valence-electron chi connectivity index (χ2n) is 9.10. The van der Waals surface area contributed by atoms with Crippen LogP contribution in [0.1, 0.15) is 29.7 Å². The first-order chi connectivity index (χ1) is 14.6. The third kappa shape index (κ3) is 3.71. The summed E-state index contributed by atoms with van der Waals surface area (Å²) in [4.78, 5) is 9.64. The number of aliphatic imine (C=N–C) groups is 1. The number of pyridine rings is 1. The lowest BCUT2D eigenvalue weighted by Gasteiger charge is -2.40. The molecule has 3 heterocycles. The molecule has 1 spiro atoms. The number of aromatic nitrogens is 1.